The maximum absolute atomic E-state index is 12.9. The number of aliphatic carboxylic acids is 1. The van der Waals surface area contributed by atoms with E-state index in [4.69, 9.17) is 5.11 Å². The Morgan fingerprint density at radius 2 is 2.00 bits per heavy atom. The number of carboxylic acid groups (broad SMARTS) is 1. The largest absolute Gasteiger partial charge is 0.480 e. The molecular weight excluding hydrogens is 344 g/mol. The van der Waals surface area contributed by atoms with E-state index in [1.807, 2.05) is 41.3 Å². The van der Waals surface area contributed by atoms with E-state index in [9.17, 15) is 9.59 Å². The molecule has 1 aliphatic heterocycles. The number of piperidine rings is 1. The van der Waals surface area contributed by atoms with Gasteiger partial charge in [-0.3, -0.25) is 19.3 Å². The molecule has 1 atom stereocenters. The molecule has 1 aromatic carbocycles. The van der Waals surface area contributed by atoms with Crippen molar-refractivity contribution in [1.82, 2.24) is 19.7 Å². The summed E-state index contributed by atoms with van der Waals surface area (Å²) in [7, 11) is 0. The van der Waals surface area contributed by atoms with Crippen molar-refractivity contribution < 1.29 is 14.7 Å². The Morgan fingerprint density at radius 3 is 2.81 bits per heavy atom. The van der Waals surface area contributed by atoms with Gasteiger partial charge in [-0.2, -0.15) is 5.10 Å². The highest BCUT2D eigenvalue weighted by Gasteiger charge is 2.27. The molecule has 7 nitrogen and oxygen atoms in total. The smallest absolute Gasteiger partial charge is 0.325 e. The molecule has 4 rings (SSSR count). The summed E-state index contributed by atoms with van der Waals surface area (Å²) in [4.78, 5) is 29.9. The highest BCUT2D eigenvalue weighted by atomic mass is 16.4. The molecule has 2 aromatic heterocycles. The van der Waals surface area contributed by atoms with Gasteiger partial charge in [0.25, 0.3) is 5.91 Å². The Hall–Kier alpha value is -3.22. The Bertz CT molecular complexity index is 998. The molecule has 138 valence electrons. The third-order valence-electron chi connectivity index (χ3n) is 4.94. The number of pyridine rings is 1. The van der Waals surface area contributed by atoms with Gasteiger partial charge in [-0.1, -0.05) is 24.3 Å². The van der Waals surface area contributed by atoms with E-state index in [0.717, 1.165) is 29.3 Å². The molecule has 0 bridgehead atoms. The van der Waals surface area contributed by atoms with Gasteiger partial charge >= 0.3 is 5.97 Å². The first-order chi connectivity index (χ1) is 13.1. The van der Waals surface area contributed by atoms with Crippen LogP contribution in [0.5, 0.6) is 0 Å². The van der Waals surface area contributed by atoms with Crippen LogP contribution in [0.25, 0.3) is 10.8 Å². The third kappa shape index (κ3) is 3.67. The van der Waals surface area contributed by atoms with Gasteiger partial charge in [-0.25, -0.2) is 0 Å². The molecule has 7 heteroatoms. The number of carbonyl (C=O) groups is 2. The van der Waals surface area contributed by atoms with Crippen molar-refractivity contribution in [3.8, 4) is 0 Å². The third-order valence-corrected chi connectivity index (χ3v) is 4.94. The number of hydrogen-bond acceptors (Lipinski definition) is 4. The van der Waals surface area contributed by atoms with Crippen molar-refractivity contribution in [1.29, 1.82) is 0 Å². The molecule has 3 aromatic rings. The second-order valence-corrected chi connectivity index (χ2v) is 6.84. The summed E-state index contributed by atoms with van der Waals surface area (Å²) in [5, 5.41) is 15.3. The fourth-order valence-electron chi connectivity index (χ4n) is 3.59. The van der Waals surface area contributed by atoms with Crippen LogP contribution in [0.3, 0.4) is 0 Å². The van der Waals surface area contributed by atoms with Crippen LogP contribution in [0.15, 0.2) is 48.8 Å². The van der Waals surface area contributed by atoms with E-state index in [2.05, 4.69) is 10.1 Å². The topological polar surface area (TPSA) is 88.3 Å². The molecule has 0 unspecified atom stereocenters. The summed E-state index contributed by atoms with van der Waals surface area (Å²) in [5.41, 5.74) is 1.28. The van der Waals surface area contributed by atoms with E-state index in [1.54, 1.807) is 12.4 Å². The predicted octanol–water partition coefficient (Wildman–Crippen LogP) is 2.54. The second kappa shape index (κ2) is 7.19. The summed E-state index contributed by atoms with van der Waals surface area (Å²) in [6.07, 6.45) is 5.22. The minimum Gasteiger partial charge on any atom is -0.480 e. The molecule has 1 N–H and O–H groups in total. The number of nitrogens with zero attached hydrogens (tertiary/aromatic N) is 4. The van der Waals surface area contributed by atoms with Gasteiger partial charge in [0, 0.05) is 36.8 Å². The lowest BCUT2D eigenvalue weighted by Crippen LogP contribution is -2.39. The number of likely N-dealkylation sites (tertiary alicyclic amines) is 1. The minimum absolute atomic E-state index is 0.0737. The summed E-state index contributed by atoms with van der Waals surface area (Å²) in [6.45, 7) is 1.10. The first-order valence-corrected chi connectivity index (χ1v) is 8.99. The van der Waals surface area contributed by atoms with Gasteiger partial charge in [0.05, 0.1) is 5.69 Å². The number of rotatable bonds is 4. The van der Waals surface area contributed by atoms with Gasteiger partial charge in [0.2, 0.25) is 0 Å². The molecule has 0 aliphatic carbocycles. The Labute approximate surface area is 156 Å². The maximum atomic E-state index is 12.9. The predicted molar refractivity (Wildman–Crippen MR) is 99.5 cm³/mol. The first-order valence-electron chi connectivity index (χ1n) is 8.99. The highest BCUT2D eigenvalue weighted by Crippen LogP contribution is 2.27. The lowest BCUT2D eigenvalue weighted by molar-refractivity contribution is -0.137. The van der Waals surface area contributed by atoms with Crippen molar-refractivity contribution in [2.24, 2.45) is 0 Å². The number of aromatic nitrogens is 3. The van der Waals surface area contributed by atoms with Crippen LogP contribution in [0.1, 0.15) is 34.9 Å². The quantitative estimate of drug-likeness (QED) is 0.768. The molecule has 1 aliphatic rings. The molecule has 1 amide bonds. The van der Waals surface area contributed by atoms with Crippen LogP contribution in [-0.4, -0.2) is 49.7 Å². The monoisotopic (exact) mass is 364 g/mol. The zero-order chi connectivity index (χ0) is 18.8. The van der Waals surface area contributed by atoms with Crippen molar-refractivity contribution >= 4 is 22.6 Å². The zero-order valence-corrected chi connectivity index (χ0v) is 14.8. The number of fused-ring (bicyclic) bond motifs is 1. The van der Waals surface area contributed by atoms with Crippen molar-refractivity contribution in [2.45, 2.75) is 25.3 Å². The van der Waals surface area contributed by atoms with Crippen molar-refractivity contribution in [3.05, 3.63) is 60.2 Å². The Morgan fingerprint density at radius 1 is 1.19 bits per heavy atom. The molecule has 27 heavy (non-hydrogen) atoms. The van der Waals surface area contributed by atoms with E-state index < -0.39 is 5.97 Å². The van der Waals surface area contributed by atoms with Gasteiger partial charge < -0.3 is 10.0 Å². The molecular formula is C20H20N4O3. The lowest BCUT2D eigenvalue weighted by atomic mass is 9.94. The average Bonchev–Trinajstić information content (AvgIpc) is 3.15. The normalized spacial score (nSPS) is 17.2. The molecule has 0 spiro atoms. The molecule has 0 saturated carbocycles. The fourth-order valence-corrected chi connectivity index (χ4v) is 3.59. The van der Waals surface area contributed by atoms with Gasteiger partial charge in [-0.15, -0.1) is 0 Å². The summed E-state index contributed by atoms with van der Waals surface area (Å²) in [6, 6.07) is 11.5. The van der Waals surface area contributed by atoms with Gasteiger partial charge in [0.1, 0.15) is 12.2 Å². The van der Waals surface area contributed by atoms with E-state index in [1.165, 1.54) is 4.68 Å². The highest BCUT2D eigenvalue weighted by molar-refractivity contribution is 5.96. The molecule has 3 heterocycles. The molecule has 1 fully saturated rings. The number of carboxylic acids is 1. The van der Waals surface area contributed by atoms with Crippen LogP contribution < -0.4 is 0 Å². The molecule has 1 saturated heterocycles. The number of benzene rings is 1. The fraction of sp³-hybridized carbons (Fsp3) is 0.300. The number of hydrogen-bond donors (Lipinski definition) is 1. The second-order valence-electron chi connectivity index (χ2n) is 6.84. The van der Waals surface area contributed by atoms with Crippen molar-refractivity contribution in [3.63, 3.8) is 0 Å². The lowest BCUT2D eigenvalue weighted by Gasteiger charge is -2.31. The van der Waals surface area contributed by atoms with E-state index >= 15 is 0 Å². The van der Waals surface area contributed by atoms with Crippen molar-refractivity contribution in [2.75, 3.05) is 13.1 Å². The average molecular weight is 364 g/mol. The van der Waals surface area contributed by atoms with Crippen LogP contribution in [0.2, 0.25) is 0 Å². The minimum atomic E-state index is -0.924. The zero-order valence-electron chi connectivity index (χ0n) is 14.8. The van der Waals surface area contributed by atoms with E-state index in [-0.39, 0.29) is 18.4 Å². The maximum Gasteiger partial charge on any atom is 0.325 e. The van der Waals surface area contributed by atoms with Crippen LogP contribution in [0, 0.1) is 0 Å². The van der Waals surface area contributed by atoms with Crippen LogP contribution >= 0.6 is 0 Å². The van der Waals surface area contributed by atoms with Crippen LogP contribution in [-0.2, 0) is 11.3 Å². The van der Waals surface area contributed by atoms with E-state index in [0.29, 0.717) is 18.8 Å². The first kappa shape index (κ1) is 17.2. The summed E-state index contributed by atoms with van der Waals surface area (Å²) in [5.74, 6) is -0.888. The Kier molecular flexibility index (Phi) is 4.58. The standard InChI is InChI=1S/C20H20N4O3/c25-19(26)13-24-9-7-17(22-24)16-6-3-8-23(12-16)20(27)18-10-14-4-1-2-5-15(14)11-21-18/h1-2,4-5,7,9-11,16H,3,6,8,12-13H2,(H,25,26)/t16-/m1/s1. The SMILES string of the molecule is O=C(O)Cn1ccc([C@@H]2CCCN(C(=O)c3cc4ccccc4cn3)C2)n1. The summed E-state index contributed by atoms with van der Waals surface area (Å²) < 4.78 is 1.42. The number of amides is 1. The van der Waals surface area contributed by atoms with Gasteiger partial charge in [-0.05, 0) is 30.4 Å². The van der Waals surface area contributed by atoms with Gasteiger partial charge in [0.15, 0.2) is 0 Å². The van der Waals surface area contributed by atoms with Crippen LogP contribution in [0.4, 0.5) is 0 Å². The molecule has 0 radical (unpaired) electrons. The number of carbonyl (C=O) groups excluding carboxylic acids is 1. The Balaban J connectivity index is 1.50. The summed E-state index contributed by atoms with van der Waals surface area (Å²) >= 11 is 0.